The van der Waals surface area contributed by atoms with Crippen molar-refractivity contribution in [2.45, 2.75) is 37.9 Å². The average Bonchev–Trinajstić information content (AvgIpc) is 3.09. The summed E-state index contributed by atoms with van der Waals surface area (Å²) in [5.41, 5.74) is 1.13. The fraction of sp³-hybridized carbons (Fsp3) is 0.714. The summed E-state index contributed by atoms with van der Waals surface area (Å²) in [6.07, 6.45) is 4.82. The second-order valence-electron chi connectivity index (χ2n) is 5.00. The van der Waals surface area contributed by atoms with E-state index in [9.17, 15) is 0 Å². The molecular weight excluding hydrogens is 415 g/mol. The number of nitrogens with zero attached hydrogens (tertiary/aromatic N) is 2. The minimum Gasteiger partial charge on any atom is -0.356 e. The first kappa shape index (κ1) is 19.0. The van der Waals surface area contributed by atoms with Gasteiger partial charge in [-0.2, -0.15) is 11.8 Å². The number of aliphatic imine (C=N–C) groups is 1. The summed E-state index contributed by atoms with van der Waals surface area (Å²) in [5.74, 6) is 2.24. The lowest BCUT2D eigenvalue weighted by Crippen LogP contribution is -2.40. The largest absolute Gasteiger partial charge is 0.356 e. The van der Waals surface area contributed by atoms with Gasteiger partial charge in [0.2, 0.25) is 0 Å². The fourth-order valence-electron chi connectivity index (χ4n) is 2.20. The van der Waals surface area contributed by atoms with Gasteiger partial charge < -0.3 is 10.6 Å². The normalized spacial score (nSPS) is 18.4. The van der Waals surface area contributed by atoms with E-state index in [4.69, 9.17) is 0 Å². The maximum atomic E-state index is 4.48. The molecule has 0 aliphatic carbocycles. The third-order valence-electron chi connectivity index (χ3n) is 3.27. The Morgan fingerprint density at radius 3 is 2.95 bits per heavy atom. The van der Waals surface area contributed by atoms with E-state index in [0.717, 1.165) is 42.8 Å². The van der Waals surface area contributed by atoms with Gasteiger partial charge in [-0.3, -0.25) is 4.99 Å². The number of hydrogen-bond donors (Lipinski definition) is 2. The molecule has 2 rings (SSSR count). The Morgan fingerprint density at radius 1 is 1.48 bits per heavy atom. The van der Waals surface area contributed by atoms with Gasteiger partial charge in [-0.1, -0.05) is 0 Å². The number of hydrogen-bond acceptors (Lipinski definition) is 4. The lowest BCUT2D eigenvalue weighted by atomic mass is 10.2. The van der Waals surface area contributed by atoms with Crippen LogP contribution in [0, 0.1) is 6.92 Å². The molecule has 2 heterocycles. The molecule has 120 valence electrons. The zero-order valence-corrected chi connectivity index (χ0v) is 16.7. The van der Waals surface area contributed by atoms with E-state index in [1.54, 1.807) is 11.3 Å². The van der Waals surface area contributed by atoms with Crippen molar-refractivity contribution in [2.24, 2.45) is 4.99 Å². The summed E-state index contributed by atoms with van der Waals surface area (Å²) in [6.45, 7) is 4.01. The lowest BCUT2D eigenvalue weighted by Gasteiger charge is -2.14. The van der Waals surface area contributed by atoms with Crippen LogP contribution >= 0.6 is 47.1 Å². The third kappa shape index (κ3) is 7.19. The molecule has 0 spiro atoms. The van der Waals surface area contributed by atoms with E-state index in [1.165, 1.54) is 23.6 Å². The molecule has 0 radical (unpaired) electrons. The van der Waals surface area contributed by atoms with E-state index in [0.29, 0.717) is 0 Å². The summed E-state index contributed by atoms with van der Waals surface area (Å²) >= 11 is 3.82. The van der Waals surface area contributed by atoms with Crippen molar-refractivity contribution in [1.29, 1.82) is 0 Å². The molecule has 1 saturated heterocycles. The topological polar surface area (TPSA) is 49.3 Å². The molecule has 0 aromatic carbocycles. The first-order valence-corrected chi connectivity index (χ1v) is 9.18. The van der Waals surface area contributed by atoms with Gasteiger partial charge in [-0.15, -0.1) is 35.3 Å². The quantitative estimate of drug-likeness (QED) is 0.309. The predicted octanol–water partition coefficient (Wildman–Crippen LogP) is 3.06. The molecule has 0 saturated carbocycles. The Bertz CT molecular complexity index is 430. The highest BCUT2D eigenvalue weighted by Crippen LogP contribution is 2.25. The van der Waals surface area contributed by atoms with E-state index in [1.807, 2.05) is 14.0 Å². The molecular formula is C14H25IN4S2. The van der Waals surface area contributed by atoms with Crippen molar-refractivity contribution in [2.75, 3.05) is 25.9 Å². The van der Waals surface area contributed by atoms with Crippen molar-refractivity contribution in [3.05, 3.63) is 16.1 Å². The molecule has 1 aliphatic rings. The number of aryl methyl sites for hydroxylation is 2. The first-order chi connectivity index (χ1) is 9.78. The average molecular weight is 440 g/mol. The van der Waals surface area contributed by atoms with Crippen LogP contribution < -0.4 is 10.6 Å². The third-order valence-corrected chi connectivity index (χ3v) is 5.70. The summed E-state index contributed by atoms with van der Waals surface area (Å²) in [7, 11) is 1.83. The van der Waals surface area contributed by atoms with E-state index < -0.39 is 0 Å². The number of halogens is 1. The first-order valence-electron chi connectivity index (χ1n) is 7.25. The lowest BCUT2D eigenvalue weighted by molar-refractivity contribution is 0.709. The smallest absolute Gasteiger partial charge is 0.191 e. The molecule has 2 N–H and O–H groups in total. The predicted molar refractivity (Wildman–Crippen MR) is 105 cm³/mol. The van der Waals surface area contributed by atoms with Crippen molar-refractivity contribution in [3.8, 4) is 0 Å². The standard InChI is InChI=1S/C14H24N4S2.HI/c1-11-10-20-13(18-11)6-3-7-16-14(15-2)17-9-12-5-4-8-19-12;/h10,12H,3-9H2,1-2H3,(H2,15,16,17);1H. The number of rotatable bonds is 6. The van der Waals surface area contributed by atoms with Crippen molar-refractivity contribution in [1.82, 2.24) is 15.6 Å². The van der Waals surface area contributed by atoms with Crippen LogP contribution in [0.4, 0.5) is 0 Å². The second-order valence-corrected chi connectivity index (χ2v) is 7.35. The Hall–Kier alpha value is -0.0200. The van der Waals surface area contributed by atoms with Crippen LogP contribution in [0.1, 0.15) is 30.0 Å². The number of guanidine groups is 1. The van der Waals surface area contributed by atoms with Gasteiger partial charge in [-0.25, -0.2) is 4.98 Å². The number of thiazole rings is 1. The van der Waals surface area contributed by atoms with Gasteiger partial charge in [0, 0.05) is 42.9 Å². The monoisotopic (exact) mass is 440 g/mol. The van der Waals surface area contributed by atoms with Crippen molar-refractivity contribution >= 4 is 53.0 Å². The Kier molecular flexibility index (Phi) is 9.66. The highest BCUT2D eigenvalue weighted by molar-refractivity contribution is 14.0. The maximum Gasteiger partial charge on any atom is 0.191 e. The molecule has 0 amide bonds. The molecule has 1 atom stereocenters. The number of thioether (sulfide) groups is 1. The van der Waals surface area contributed by atoms with Gasteiger partial charge >= 0.3 is 0 Å². The van der Waals surface area contributed by atoms with Crippen LogP contribution in [0.15, 0.2) is 10.4 Å². The summed E-state index contributed by atoms with van der Waals surface area (Å²) in [5, 5.41) is 10.9. The van der Waals surface area contributed by atoms with Crippen LogP contribution in [0.3, 0.4) is 0 Å². The SMILES string of the molecule is CN=C(NCCCc1nc(C)cs1)NCC1CCCS1.I. The highest BCUT2D eigenvalue weighted by Gasteiger charge is 2.15. The molecule has 21 heavy (non-hydrogen) atoms. The van der Waals surface area contributed by atoms with Gasteiger partial charge in [0.1, 0.15) is 0 Å². The minimum absolute atomic E-state index is 0. The Labute approximate surface area is 153 Å². The van der Waals surface area contributed by atoms with Crippen molar-refractivity contribution < 1.29 is 0 Å². The summed E-state index contributed by atoms with van der Waals surface area (Å²) in [6, 6.07) is 0. The van der Waals surface area contributed by atoms with Crippen LogP contribution in [0.2, 0.25) is 0 Å². The van der Waals surface area contributed by atoms with Gasteiger partial charge in [0.15, 0.2) is 5.96 Å². The van der Waals surface area contributed by atoms with Crippen LogP contribution in [0.25, 0.3) is 0 Å². The zero-order valence-electron chi connectivity index (χ0n) is 12.7. The molecule has 1 unspecified atom stereocenters. The Morgan fingerprint density at radius 2 is 2.33 bits per heavy atom. The van der Waals surface area contributed by atoms with E-state index in [2.05, 4.69) is 37.8 Å². The molecule has 1 aliphatic heterocycles. The van der Waals surface area contributed by atoms with Crippen LogP contribution in [-0.4, -0.2) is 42.1 Å². The van der Waals surface area contributed by atoms with Crippen LogP contribution in [-0.2, 0) is 6.42 Å². The molecule has 1 aromatic rings. The van der Waals surface area contributed by atoms with E-state index in [-0.39, 0.29) is 24.0 Å². The zero-order chi connectivity index (χ0) is 14.2. The summed E-state index contributed by atoms with van der Waals surface area (Å²) in [4.78, 5) is 8.75. The molecule has 1 fully saturated rings. The molecule has 7 heteroatoms. The van der Waals surface area contributed by atoms with Gasteiger partial charge in [0.05, 0.1) is 5.01 Å². The van der Waals surface area contributed by atoms with Gasteiger partial charge in [0.25, 0.3) is 0 Å². The molecule has 4 nitrogen and oxygen atoms in total. The highest BCUT2D eigenvalue weighted by atomic mass is 127. The van der Waals surface area contributed by atoms with Crippen molar-refractivity contribution in [3.63, 3.8) is 0 Å². The number of nitrogens with one attached hydrogen (secondary N) is 2. The minimum atomic E-state index is 0. The van der Waals surface area contributed by atoms with Crippen LogP contribution in [0.5, 0.6) is 0 Å². The Balaban J connectivity index is 0.00000220. The summed E-state index contributed by atoms with van der Waals surface area (Å²) < 4.78 is 0. The molecule has 0 bridgehead atoms. The molecule has 1 aromatic heterocycles. The maximum absolute atomic E-state index is 4.48. The van der Waals surface area contributed by atoms with Gasteiger partial charge in [-0.05, 0) is 31.9 Å². The number of aromatic nitrogens is 1. The van der Waals surface area contributed by atoms with E-state index >= 15 is 0 Å². The fourth-order valence-corrected chi connectivity index (χ4v) is 4.22. The second kappa shape index (κ2) is 10.7.